The number of nitrogens with one attached hydrogen (secondary N) is 4. The maximum atomic E-state index is 13.3. The van der Waals surface area contributed by atoms with Crippen LogP contribution in [0.15, 0.2) is 71.6 Å². The van der Waals surface area contributed by atoms with E-state index in [2.05, 4.69) is 20.7 Å². The quantitative estimate of drug-likeness (QED) is 0.0907. The van der Waals surface area contributed by atoms with Crippen LogP contribution in [0, 0.1) is 17.8 Å². The Morgan fingerprint density at radius 1 is 0.912 bits per heavy atom. The van der Waals surface area contributed by atoms with Gasteiger partial charge in [-0.15, -0.1) is 0 Å². The van der Waals surface area contributed by atoms with Crippen LogP contribution in [0.5, 0.6) is 0 Å². The molecule has 1 aliphatic heterocycles. The predicted molar refractivity (Wildman–Crippen MR) is 215 cm³/mol. The third-order valence-corrected chi connectivity index (χ3v) is 12.3. The van der Waals surface area contributed by atoms with Crippen LogP contribution in [-0.4, -0.2) is 82.9 Å². The molecule has 2 fully saturated rings. The Morgan fingerprint density at radius 3 is 2.33 bits per heavy atom. The Labute approximate surface area is 334 Å². The molecule has 1 aliphatic carbocycles. The molecule has 3 aromatic rings. The largest absolute Gasteiger partial charge is 0.459 e. The molecule has 0 unspecified atom stereocenters. The Hall–Kier alpha value is -5.02. The average molecular weight is 806 g/mol. The Balaban J connectivity index is 1.07. The molecule has 57 heavy (non-hydrogen) atoms. The molecule has 15 heteroatoms. The summed E-state index contributed by atoms with van der Waals surface area (Å²) in [5.74, 6) is -2.90. The van der Waals surface area contributed by atoms with E-state index in [9.17, 15) is 32.4 Å². The third-order valence-electron chi connectivity index (χ3n) is 10.7. The number of amides is 3. The highest BCUT2D eigenvalue weighted by Gasteiger charge is 2.51. The van der Waals surface area contributed by atoms with Crippen molar-refractivity contribution in [1.82, 2.24) is 20.7 Å². The topological polar surface area (TPSA) is 189 Å². The molecule has 4 N–H and O–H groups in total. The molecule has 5 rings (SSSR count). The van der Waals surface area contributed by atoms with Crippen molar-refractivity contribution in [2.45, 2.75) is 101 Å². The van der Waals surface area contributed by atoms with Gasteiger partial charge >= 0.3 is 11.9 Å². The number of cyclic esters (lactones) is 1. The van der Waals surface area contributed by atoms with Crippen molar-refractivity contribution in [1.29, 1.82) is 0 Å². The van der Waals surface area contributed by atoms with Gasteiger partial charge in [0.05, 0.1) is 4.90 Å². The number of carbonyl (C=O) groups excluding carboxylic acids is 5. The molecule has 0 radical (unpaired) electrons. The Bertz CT molecular complexity index is 2030. The lowest BCUT2D eigenvalue weighted by Crippen LogP contribution is -2.56. The predicted octanol–water partition coefficient (Wildman–Crippen LogP) is 3.96. The molecule has 14 nitrogen and oxygen atoms in total. The maximum Gasteiger partial charge on any atom is 0.328 e. The molecule has 3 aromatic carbocycles. The number of unbranched alkanes of at least 4 members (excludes halogenated alkanes) is 2. The number of rotatable bonds is 21. The monoisotopic (exact) mass is 805 g/mol. The van der Waals surface area contributed by atoms with Crippen molar-refractivity contribution < 1.29 is 41.9 Å². The molecule has 7 atom stereocenters. The first kappa shape index (κ1) is 43.1. The first-order chi connectivity index (χ1) is 27.2. The van der Waals surface area contributed by atoms with Gasteiger partial charge in [0.25, 0.3) is 5.91 Å². The summed E-state index contributed by atoms with van der Waals surface area (Å²) in [6.45, 7) is 5.60. The minimum Gasteiger partial charge on any atom is -0.459 e. The van der Waals surface area contributed by atoms with Crippen LogP contribution in [0.2, 0.25) is 0 Å². The average Bonchev–Trinajstić information content (AvgIpc) is 3.92. The van der Waals surface area contributed by atoms with Gasteiger partial charge in [0.15, 0.2) is 6.10 Å². The van der Waals surface area contributed by atoms with E-state index >= 15 is 0 Å². The molecule has 1 saturated heterocycles. The van der Waals surface area contributed by atoms with Crippen molar-refractivity contribution in [3.05, 3.63) is 72.3 Å². The van der Waals surface area contributed by atoms with E-state index in [0.29, 0.717) is 31.1 Å². The number of nitrogens with zero attached hydrogens (tertiary/aromatic N) is 1. The van der Waals surface area contributed by atoms with Crippen LogP contribution in [0.25, 0.3) is 10.8 Å². The van der Waals surface area contributed by atoms with Crippen molar-refractivity contribution in [3.8, 4) is 0 Å². The Kier molecular flexibility index (Phi) is 14.7. The van der Waals surface area contributed by atoms with E-state index < -0.39 is 46.0 Å². The summed E-state index contributed by atoms with van der Waals surface area (Å²) < 4.78 is 39.8. The molecule has 308 valence electrons. The van der Waals surface area contributed by atoms with Gasteiger partial charge in [0.1, 0.15) is 24.6 Å². The van der Waals surface area contributed by atoms with Gasteiger partial charge in [0, 0.05) is 49.6 Å². The summed E-state index contributed by atoms with van der Waals surface area (Å²) in [6, 6.07) is 17.7. The number of hydrogen-bond donors (Lipinski definition) is 4. The summed E-state index contributed by atoms with van der Waals surface area (Å²) in [7, 11) is 0.0375. The van der Waals surface area contributed by atoms with Gasteiger partial charge in [-0.2, -0.15) is 0 Å². The third kappa shape index (κ3) is 11.3. The first-order valence-corrected chi connectivity index (χ1v) is 21.2. The zero-order chi connectivity index (χ0) is 41.3. The molecular formula is C42H55N5O9S. The fraction of sp³-hybridized carbons (Fsp3) is 0.500. The zero-order valence-corrected chi connectivity index (χ0v) is 34.1. The van der Waals surface area contributed by atoms with Crippen molar-refractivity contribution in [3.63, 3.8) is 0 Å². The molecular weight excluding hydrogens is 751 g/mol. The fourth-order valence-corrected chi connectivity index (χ4v) is 8.36. The SMILES string of the molecule is CC[C@H](C)[C@@H]1C(=O)O[C@H]1C(=O)N[C@H]1C[C@H]1C[C@H](NC(=O)[C@H](C)NC(=O)CCCCCNS(=O)(=O)c1cccc2c(N(C)C)cccc12)C(=O)OCc1ccccc1. The standard InChI is InChI=1S/C42H55N5O9S/c1-6-26(2)37-38(56-42(37)52)40(50)45-32-23-29(32)24-33(41(51)55-25-28-15-9-7-10-16-28)46-39(49)27(3)44-36(48)21-11-8-12-22-43-57(53,54)35-20-14-17-30-31(35)18-13-19-34(30)47(4)5/h7,9-10,13-20,26-27,29,32-33,37-38,43H,6,8,11-12,21-25H2,1-5H3,(H,44,48)(H,45,50)(H,46,49)/t26-,27-,29-,32-,33-,37-,38+/m0/s1. The van der Waals surface area contributed by atoms with Gasteiger partial charge in [-0.25, -0.2) is 17.9 Å². The highest BCUT2D eigenvalue weighted by atomic mass is 32.2. The number of anilines is 1. The van der Waals surface area contributed by atoms with Gasteiger partial charge in [-0.1, -0.05) is 81.3 Å². The number of ether oxygens (including phenoxy) is 2. The number of hydrogen-bond acceptors (Lipinski definition) is 10. The molecule has 2 aliphatic rings. The summed E-state index contributed by atoms with van der Waals surface area (Å²) in [4.78, 5) is 66.4. The Morgan fingerprint density at radius 2 is 1.63 bits per heavy atom. The second-order valence-corrected chi connectivity index (χ2v) is 17.0. The van der Waals surface area contributed by atoms with E-state index in [1.165, 1.54) is 6.92 Å². The van der Waals surface area contributed by atoms with Crippen LogP contribution in [0.1, 0.15) is 71.3 Å². The molecule has 0 spiro atoms. The number of fused-ring (bicyclic) bond motifs is 1. The molecule has 1 saturated carbocycles. The maximum absolute atomic E-state index is 13.3. The van der Waals surface area contributed by atoms with Crippen LogP contribution in [0.4, 0.5) is 5.69 Å². The summed E-state index contributed by atoms with van der Waals surface area (Å²) in [5, 5.41) is 9.82. The minimum atomic E-state index is -3.77. The van der Waals surface area contributed by atoms with E-state index in [1.54, 1.807) is 18.2 Å². The van der Waals surface area contributed by atoms with E-state index in [-0.39, 0.29) is 66.6 Å². The molecule has 0 aromatic heterocycles. The van der Waals surface area contributed by atoms with E-state index in [1.807, 2.05) is 81.4 Å². The number of esters is 2. The number of carbonyl (C=O) groups is 5. The molecule has 3 amide bonds. The van der Waals surface area contributed by atoms with E-state index in [0.717, 1.165) is 23.1 Å². The molecule has 1 heterocycles. The lowest BCUT2D eigenvalue weighted by atomic mass is 9.83. The molecule has 0 bridgehead atoms. The summed E-state index contributed by atoms with van der Waals surface area (Å²) in [6.07, 6.45) is 2.36. The first-order valence-electron chi connectivity index (χ1n) is 19.7. The summed E-state index contributed by atoms with van der Waals surface area (Å²) >= 11 is 0. The van der Waals surface area contributed by atoms with Crippen LogP contribution < -0.4 is 25.6 Å². The van der Waals surface area contributed by atoms with Gasteiger partial charge in [0.2, 0.25) is 21.8 Å². The highest BCUT2D eigenvalue weighted by Crippen LogP contribution is 2.37. The van der Waals surface area contributed by atoms with Crippen LogP contribution in [0.3, 0.4) is 0 Å². The zero-order valence-electron chi connectivity index (χ0n) is 33.3. The van der Waals surface area contributed by atoms with E-state index in [4.69, 9.17) is 9.47 Å². The second-order valence-electron chi connectivity index (χ2n) is 15.3. The minimum absolute atomic E-state index is 0.00582. The van der Waals surface area contributed by atoms with Crippen LogP contribution in [-0.2, 0) is 50.1 Å². The highest BCUT2D eigenvalue weighted by molar-refractivity contribution is 7.89. The van der Waals surface area contributed by atoms with Gasteiger partial charge in [-0.3, -0.25) is 19.2 Å². The fourth-order valence-electron chi connectivity index (χ4n) is 7.06. The lowest BCUT2D eigenvalue weighted by molar-refractivity contribution is -0.193. The second kappa shape index (κ2) is 19.4. The lowest BCUT2D eigenvalue weighted by Gasteiger charge is -2.37. The van der Waals surface area contributed by atoms with Gasteiger partial charge in [-0.05, 0) is 62.1 Å². The van der Waals surface area contributed by atoms with Gasteiger partial charge < -0.3 is 30.3 Å². The van der Waals surface area contributed by atoms with Crippen LogP contribution >= 0.6 is 0 Å². The van der Waals surface area contributed by atoms with Crippen molar-refractivity contribution in [2.24, 2.45) is 17.8 Å². The number of sulfonamides is 1. The van der Waals surface area contributed by atoms with Crippen molar-refractivity contribution >= 4 is 56.1 Å². The van der Waals surface area contributed by atoms with Crippen molar-refractivity contribution in [2.75, 3.05) is 25.5 Å². The number of benzene rings is 3. The smallest absolute Gasteiger partial charge is 0.328 e. The normalized spacial score (nSPS) is 20.3. The summed E-state index contributed by atoms with van der Waals surface area (Å²) in [5.41, 5.74) is 1.70.